The molecule has 1 amide bonds. The van der Waals surface area contributed by atoms with Crippen LogP contribution in [-0.2, 0) is 11.2 Å². The minimum absolute atomic E-state index is 0.195. The summed E-state index contributed by atoms with van der Waals surface area (Å²) in [6.45, 7) is 5.84. The molecule has 118 valence electrons. The van der Waals surface area contributed by atoms with E-state index in [1.54, 1.807) is 13.1 Å². The van der Waals surface area contributed by atoms with Gasteiger partial charge in [-0.3, -0.25) is 9.79 Å². The van der Waals surface area contributed by atoms with Gasteiger partial charge < -0.3 is 15.5 Å². The summed E-state index contributed by atoms with van der Waals surface area (Å²) >= 11 is 0. The number of para-hydroxylation sites is 1. The highest BCUT2D eigenvalue weighted by Crippen LogP contribution is 2.27. The highest BCUT2D eigenvalue weighted by molar-refractivity contribution is 5.95. The van der Waals surface area contributed by atoms with E-state index < -0.39 is 0 Å². The molecule has 0 unspecified atom stereocenters. The highest BCUT2D eigenvalue weighted by atomic mass is 16.2. The third-order valence-electron chi connectivity index (χ3n) is 3.69. The summed E-state index contributed by atoms with van der Waals surface area (Å²) in [5, 5.41) is 6.29. The summed E-state index contributed by atoms with van der Waals surface area (Å²) in [5.74, 6) is 0.930. The molecule has 1 aromatic carbocycles. The second kappa shape index (κ2) is 8.22. The Balaban J connectivity index is 1.74. The fraction of sp³-hybridized carbons (Fsp3) is 0.412. The number of nitrogens with zero attached hydrogens (tertiary/aromatic N) is 2. The van der Waals surface area contributed by atoms with Crippen molar-refractivity contribution in [3.8, 4) is 0 Å². The Morgan fingerprint density at radius 3 is 3.00 bits per heavy atom. The number of nitrogens with one attached hydrogen (secondary N) is 2. The second-order valence-electron chi connectivity index (χ2n) is 5.20. The van der Waals surface area contributed by atoms with Gasteiger partial charge in [-0.1, -0.05) is 24.3 Å². The molecule has 0 saturated heterocycles. The predicted molar refractivity (Wildman–Crippen MR) is 91.3 cm³/mol. The fourth-order valence-corrected chi connectivity index (χ4v) is 2.57. The minimum atomic E-state index is 0.195. The lowest BCUT2D eigenvalue weighted by Crippen LogP contribution is -2.38. The van der Waals surface area contributed by atoms with Crippen LogP contribution in [-0.4, -0.2) is 38.5 Å². The van der Waals surface area contributed by atoms with Crippen molar-refractivity contribution in [2.75, 3.05) is 31.6 Å². The molecule has 1 heterocycles. The van der Waals surface area contributed by atoms with Crippen LogP contribution in [0.25, 0.3) is 0 Å². The molecule has 1 aliphatic heterocycles. The topological polar surface area (TPSA) is 56.7 Å². The van der Waals surface area contributed by atoms with Gasteiger partial charge >= 0.3 is 0 Å². The van der Waals surface area contributed by atoms with Crippen molar-refractivity contribution in [3.63, 3.8) is 0 Å². The maximum atomic E-state index is 12.3. The van der Waals surface area contributed by atoms with E-state index in [-0.39, 0.29) is 5.91 Å². The Bertz CT molecular complexity index is 553. The molecule has 5 heteroatoms. The van der Waals surface area contributed by atoms with Crippen LogP contribution >= 0.6 is 0 Å². The summed E-state index contributed by atoms with van der Waals surface area (Å²) in [7, 11) is 1.73. The molecule has 5 nitrogen and oxygen atoms in total. The number of anilines is 1. The summed E-state index contributed by atoms with van der Waals surface area (Å²) in [6.07, 6.45) is 4.06. The Kier molecular flexibility index (Phi) is 6.01. The van der Waals surface area contributed by atoms with Crippen LogP contribution in [0.5, 0.6) is 0 Å². The first-order valence-corrected chi connectivity index (χ1v) is 7.70. The Hall–Kier alpha value is -2.30. The van der Waals surface area contributed by atoms with Crippen molar-refractivity contribution in [2.24, 2.45) is 4.99 Å². The molecule has 0 aromatic heterocycles. The molecule has 0 atom stereocenters. The molecule has 0 saturated carbocycles. The normalized spacial score (nSPS) is 13.7. The first kappa shape index (κ1) is 16.1. The van der Waals surface area contributed by atoms with Gasteiger partial charge in [0.1, 0.15) is 0 Å². The largest absolute Gasteiger partial charge is 0.356 e. The van der Waals surface area contributed by atoms with Crippen molar-refractivity contribution in [2.45, 2.75) is 19.3 Å². The van der Waals surface area contributed by atoms with Crippen LogP contribution in [0.3, 0.4) is 0 Å². The number of hydrogen-bond donors (Lipinski definition) is 2. The lowest BCUT2D eigenvalue weighted by atomic mass is 10.2. The summed E-state index contributed by atoms with van der Waals surface area (Å²) < 4.78 is 0. The third-order valence-corrected chi connectivity index (χ3v) is 3.69. The molecule has 22 heavy (non-hydrogen) atoms. The van der Waals surface area contributed by atoms with E-state index in [1.165, 1.54) is 5.56 Å². The van der Waals surface area contributed by atoms with Crippen molar-refractivity contribution in [3.05, 3.63) is 42.5 Å². The Labute approximate surface area is 132 Å². The molecule has 0 bridgehead atoms. The van der Waals surface area contributed by atoms with Gasteiger partial charge in [-0.25, -0.2) is 0 Å². The smallest absolute Gasteiger partial charge is 0.227 e. The lowest BCUT2D eigenvalue weighted by molar-refractivity contribution is -0.118. The predicted octanol–water partition coefficient (Wildman–Crippen LogP) is 1.71. The van der Waals surface area contributed by atoms with Crippen LogP contribution in [0.4, 0.5) is 5.69 Å². The van der Waals surface area contributed by atoms with E-state index in [9.17, 15) is 4.79 Å². The number of amides is 1. The van der Waals surface area contributed by atoms with E-state index in [1.807, 2.05) is 23.1 Å². The number of carbonyl (C=O) groups is 1. The van der Waals surface area contributed by atoms with E-state index in [0.29, 0.717) is 13.0 Å². The molecule has 2 N–H and O–H groups in total. The van der Waals surface area contributed by atoms with Crippen molar-refractivity contribution < 1.29 is 4.79 Å². The summed E-state index contributed by atoms with van der Waals surface area (Å²) in [5.41, 5.74) is 2.34. The lowest BCUT2D eigenvalue weighted by Gasteiger charge is -2.17. The zero-order valence-electron chi connectivity index (χ0n) is 13.1. The molecule has 0 fully saturated rings. The molecular formula is C17H24N4O. The van der Waals surface area contributed by atoms with E-state index in [2.05, 4.69) is 28.3 Å². The number of fused-ring (bicyclic) bond motifs is 1. The third kappa shape index (κ3) is 4.10. The minimum Gasteiger partial charge on any atom is -0.356 e. The first-order valence-electron chi connectivity index (χ1n) is 7.70. The SMILES string of the molecule is C=CCNC(=NC)NCCCC(=O)N1CCc2ccccc21. The Morgan fingerprint density at radius 1 is 1.41 bits per heavy atom. The number of rotatable bonds is 6. The molecule has 2 rings (SSSR count). The van der Waals surface area contributed by atoms with Crippen LogP contribution < -0.4 is 15.5 Å². The molecule has 0 spiro atoms. The maximum absolute atomic E-state index is 12.3. The van der Waals surface area contributed by atoms with Crippen molar-refractivity contribution in [1.82, 2.24) is 10.6 Å². The average Bonchev–Trinajstić information content (AvgIpc) is 2.98. The number of benzene rings is 1. The summed E-state index contributed by atoms with van der Waals surface area (Å²) in [6, 6.07) is 8.14. The van der Waals surface area contributed by atoms with Crippen LogP contribution in [0.15, 0.2) is 41.9 Å². The van der Waals surface area contributed by atoms with Crippen LogP contribution in [0.1, 0.15) is 18.4 Å². The van der Waals surface area contributed by atoms with Crippen molar-refractivity contribution >= 4 is 17.6 Å². The highest BCUT2D eigenvalue weighted by Gasteiger charge is 2.23. The number of carbonyl (C=O) groups excluding carboxylic acids is 1. The monoisotopic (exact) mass is 300 g/mol. The maximum Gasteiger partial charge on any atom is 0.227 e. The van der Waals surface area contributed by atoms with Gasteiger partial charge in [-0.05, 0) is 24.5 Å². The average molecular weight is 300 g/mol. The number of guanidine groups is 1. The van der Waals surface area contributed by atoms with Gasteiger partial charge in [-0.2, -0.15) is 0 Å². The number of aliphatic imine (C=N–C) groups is 1. The van der Waals surface area contributed by atoms with Gasteiger partial charge in [0.25, 0.3) is 0 Å². The molecule has 1 aliphatic rings. The van der Waals surface area contributed by atoms with Gasteiger partial charge in [0, 0.05) is 38.8 Å². The second-order valence-corrected chi connectivity index (χ2v) is 5.20. The van der Waals surface area contributed by atoms with E-state index in [4.69, 9.17) is 0 Å². The van der Waals surface area contributed by atoms with Gasteiger partial charge in [0.2, 0.25) is 5.91 Å². The molecular weight excluding hydrogens is 276 g/mol. The first-order chi connectivity index (χ1) is 10.8. The van der Waals surface area contributed by atoms with E-state index >= 15 is 0 Å². The fourth-order valence-electron chi connectivity index (χ4n) is 2.57. The Morgan fingerprint density at radius 2 is 2.23 bits per heavy atom. The zero-order chi connectivity index (χ0) is 15.8. The van der Waals surface area contributed by atoms with Crippen LogP contribution in [0, 0.1) is 0 Å². The number of hydrogen-bond acceptors (Lipinski definition) is 2. The van der Waals surface area contributed by atoms with Crippen molar-refractivity contribution in [1.29, 1.82) is 0 Å². The molecule has 0 radical (unpaired) electrons. The molecule has 0 aliphatic carbocycles. The van der Waals surface area contributed by atoms with Gasteiger partial charge in [0.15, 0.2) is 5.96 Å². The van der Waals surface area contributed by atoms with E-state index in [0.717, 1.165) is 37.6 Å². The van der Waals surface area contributed by atoms with Crippen LogP contribution in [0.2, 0.25) is 0 Å². The van der Waals surface area contributed by atoms with Gasteiger partial charge in [0.05, 0.1) is 0 Å². The molecule has 1 aromatic rings. The summed E-state index contributed by atoms with van der Waals surface area (Å²) in [4.78, 5) is 18.3. The zero-order valence-corrected chi connectivity index (χ0v) is 13.1. The quantitative estimate of drug-likeness (QED) is 0.364. The van der Waals surface area contributed by atoms with Gasteiger partial charge in [-0.15, -0.1) is 6.58 Å². The standard InChI is InChI=1S/C17H24N4O/c1-3-11-19-17(18-2)20-12-6-9-16(22)21-13-10-14-7-4-5-8-15(14)21/h3-5,7-8H,1,6,9-13H2,2H3,(H2,18,19,20).